The fraction of sp³-hybridized carbons (Fsp3) is 0.105. The average Bonchev–Trinajstić information content (AvgIpc) is 3.31. The molecule has 1 aromatic heterocycles. The van der Waals surface area contributed by atoms with E-state index in [2.05, 4.69) is 27.5 Å². The third-order valence-electron chi connectivity index (χ3n) is 4.16. The number of rotatable bonds is 3. The van der Waals surface area contributed by atoms with Crippen molar-refractivity contribution < 1.29 is 0 Å². The van der Waals surface area contributed by atoms with Crippen LogP contribution in [0.3, 0.4) is 0 Å². The number of hydrogen-bond donors (Lipinski definition) is 2. The van der Waals surface area contributed by atoms with Crippen molar-refractivity contribution in [1.29, 1.82) is 0 Å². The number of nitrogens with two attached hydrogens (primary N) is 1. The topological polar surface area (TPSA) is 66.5 Å². The van der Waals surface area contributed by atoms with Crippen molar-refractivity contribution in [1.82, 2.24) is 15.4 Å². The Hall–Kier alpha value is -2.77. The van der Waals surface area contributed by atoms with Gasteiger partial charge in [-0.1, -0.05) is 60.7 Å². The van der Waals surface area contributed by atoms with Crippen LogP contribution in [-0.4, -0.2) is 20.9 Å². The average molecular weight is 380 g/mol. The highest BCUT2D eigenvalue weighted by Crippen LogP contribution is 2.31. The number of thiazole rings is 1. The molecule has 1 fully saturated rings. The lowest BCUT2D eigenvalue weighted by molar-refractivity contribution is 0.333. The summed E-state index contributed by atoms with van der Waals surface area (Å²) in [6.07, 6.45) is 0.696. The van der Waals surface area contributed by atoms with Crippen molar-refractivity contribution in [2.75, 3.05) is 0 Å². The lowest BCUT2D eigenvalue weighted by atomic mass is 10.0. The molecule has 7 heteroatoms. The van der Waals surface area contributed by atoms with Crippen LogP contribution < -0.4 is 11.2 Å². The molecule has 1 saturated heterocycles. The molecule has 0 spiro atoms. The molecule has 3 aromatic rings. The van der Waals surface area contributed by atoms with Crippen LogP contribution in [0, 0.1) is 0 Å². The van der Waals surface area contributed by atoms with Crippen LogP contribution in [-0.2, 0) is 0 Å². The smallest absolute Gasteiger partial charge is 0.211 e. The van der Waals surface area contributed by atoms with E-state index in [0.29, 0.717) is 16.7 Å². The number of aromatic nitrogens is 1. The Morgan fingerprint density at radius 2 is 1.85 bits per heavy atom. The minimum atomic E-state index is 0.0287. The van der Waals surface area contributed by atoms with Gasteiger partial charge in [-0.2, -0.15) is 0 Å². The van der Waals surface area contributed by atoms with E-state index in [1.807, 2.05) is 53.9 Å². The van der Waals surface area contributed by atoms with Gasteiger partial charge in [0, 0.05) is 17.4 Å². The Morgan fingerprint density at radius 1 is 1.15 bits per heavy atom. The Labute approximate surface area is 161 Å². The summed E-state index contributed by atoms with van der Waals surface area (Å²) in [5, 5.41) is 4.81. The number of aliphatic imine (C=N–C) groups is 1. The summed E-state index contributed by atoms with van der Waals surface area (Å²) in [4.78, 5) is 9.29. The highest BCUT2D eigenvalue weighted by molar-refractivity contribution is 7.80. The van der Waals surface area contributed by atoms with Crippen LogP contribution in [0.1, 0.15) is 18.0 Å². The minimum Gasteiger partial charge on any atom is -0.375 e. The number of thiocarbonyl (C=S) groups is 1. The molecule has 130 valence electrons. The fourth-order valence-corrected chi connectivity index (χ4v) is 3.82. The summed E-state index contributed by atoms with van der Waals surface area (Å²) in [6, 6.07) is 20.3. The van der Waals surface area contributed by atoms with Gasteiger partial charge in [0.1, 0.15) is 5.84 Å². The van der Waals surface area contributed by atoms with E-state index in [0.717, 1.165) is 22.7 Å². The monoisotopic (exact) mass is 379 g/mol. The van der Waals surface area contributed by atoms with Gasteiger partial charge in [-0.25, -0.2) is 9.98 Å². The van der Waals surface area contributed by atoms with Crippen molar-refractivity contribution in [3.63, 3.8) is 0 Å². The summed E-state index contributed by atoms with van der Waals surface area (Å²) < 4.78 is 0. The van der Waals surface area contributed by atoms with E-state index in [-0.39, 0.29) is 6.04 Å². The van der Waals surface area contributed by atoms with Crippen molar-refractivity contribution >= 4 is 39.6 Å². The van der Waals surface area contributed by atoms with Crippen LogP contribution in [0.2, 0.25) is 0 Å². The first kappa shape index (κ1) is 16.7. The number of amidine groups is 1. The molecule has 1 atom stereocenters. The molecule has 2 heterocycles. The molecule has 0 radical (unpaired) electrons. The molecule has 0 aliphatic carbocycles. The van der Waals surface area contributed by atoms with Gasteiger partial charge < -0.3 is 5.73 Å². The second kappa shape index (κ2) is 7.23. The van der Waals surface area contributed by atoms with Gasteiger partial charge in [0.2, 0.25) is 5.13 Å². The molecule has 4 rings (SSSR count). The van der Waals surface area contributed by atoms with E-state index in [9.17, 15) is 0 Å². The molecule has 5 nitrogen and oxygen atoms in total. The number of hydrogen-bond acceptors (Lipinski definition) is 4. The predicted octanol–water partition coefficient (Wildman–Crippen LogP) is 4.04. The number of nitrogens with one attached hydrogen (secondary N) is 1. The van der Waals surface area contributed by atoms with Crippen LogP contribution in [0.15, 0.2) is 71.0 Å². The fourth-order valence-electron chi connectivity index (χ4n) is 2.93. The summed E-state index contributed by atoms with van der Waals surface area (Å²) in [5.41, 5.74) is 12.3. The Morgan fingerprint density at radius 3 is 2.54 bits per heavy atom. The molecular weight excluding hydrogens is 362 g/mol. The van der Waals surface area contributed by atoms with Gasteiger partial charge in [0.05, 0.1) is 11.7 Å². The lowest BCUT2D eigenvalue weighted by Crippen LogP contribution is -2.43. The molecule has 0 unspecified atom stereocenters. The maximum Gasteiger partial charge on any atom is 0.211 e. The van der Waals surface area contributed by atoms with Crippen LogP contribution in [0.25, 0.3) is 11.3 Å². The van der Waals surface area contributed by atoms with Gasteiger partial charge in [-0.3, -0.25) is 10.4 Å². The van der Waals surface area contributed by atoms with Gasteiger partial charge in [0.15, 0.2) is 5.11 Å². The van der Waals surface area contributed by atoms with Crippen molar-refractivity contribution in [3.8, 4) is 11.3 Å². The molecular formula is C19H17N5S2. The lowest BCUT2D eigenvalue weighted by Gasteiger charge is -2.23. The second-order valence-electron chi connectivity index (χ2n) is 5.89. The van der Waals surface area contributed by atoms with Crippen molar-refractivity contribution in [2.24, 2.45) is 10.7 Å². The number of benzene rings is 2. The van der Waals surface area contributed by atoms with Crippen molar-refractivity contribution in [2.45, 2.75) is 12.5 Å². The normalized spacial score (nSPS) is 18.1. The number of nitrogens with zero attached hydrogens (tertiary/aromatic N) is 3. The Kier molecular flexibility index (Phi) is 4.64. The van der Waals surface area contributed by atoms with Gasteiger partial charge in [0.25, 0.3) is 0 Å². The largest absolute Gasteiger partial charge is 0.375 e. The molecule has 0 amide bonds. The summed E-state index contributed by atoms with van der Waals surface area (Å²) in [5.74, 6) is 0.806. The van der Waals surface area contributed by atoms with E-state index < -0.39 is 0 Å². The maximum atomic E-state index is 5.89. The molecule has 1 aliphatic rings. The first-order valence-electron chi connectivity index (χ1n) is 8.19. The zero-order valence-corrected chi connectivity index (χ0v) is 15.5. The van der Waals surface area contributed by atoms with Crippen LogP contribution >= 0.6 is 23.6 Å². The summed E-state index contributed by atoms with van der Waals surface area (Å²) in [7, 11) is 0. The van der Waals surface area contributed by atoms with Gasteiger partial charge in [-0.05, 0) is 17.8 Å². The van der Waals surface area contributed by atoms with E-state index >= 15 is 0 Å². The summed E-state index contributed by atoms with van der Waals surface area (Å²) in [6.45, 7) is 0. The third-order valence-corrected chi connectivity index (χ3v) is 5.09. The minimum absolute atomic E-state index is 0.0287. The highest BCUT2D eigenvalue weighted by Gasteiger charge is 2.31. The Balaban J connectivity index is 1.58. The predicted molar refractivity (Wildman–Crippen MR) is 110 cm³/mol. The number of hydrazine groups is 1. The first-order chi connectivity index (χ1) is 12.7. The molecule has 1 aliphatic heterocycles. The molecule has 26 heavy (non-hydrogen) atoms. The molecule has 2 aromatic carbocycles. The van der Waals surface area contributed by atoms with E-state index in [4.69, 9.17) is 18.0 Å². The Bertz CT molecular complexity index is 937. The first-order valence-corrected chi connectivity index (χ1v) is 9.48. The van der Waals surface area contributed by atoms with E-state index in [1.165, 1.54) is 11.3 Å². The molecule has 3 N–H and O–H groups in total. The zero-order chi connectivity index (χ0) is 17.9. The van der Waals surface area contributed by atoms with Crippen LogP contribution in [0.4, 0.5) is 5.13 Å². The third kappa shape index (κ3) is 3.44. The standard InChI is InChI=1S/C19H17N5S2/c20-18(25)24-16(14-9-5-2-6-10-14)11-17(23-24)22-19-21-15(12-26-19)13-7-3-1-4-8-13/h1-10,12,16H,11H2,(H2,20,25)(H,21,22,23)/t16-/m1/s1. The quantitative estimate of drug-likeness (QED) is 0.673. The highest BCUT2D eigenvalue weighted by atomic mass is 32.1. The molecule has 0 saturated carbocycles. The zero-order valence-electron chi connectivity index (χ0n) is 13.9. The van der Waals surface area contributed by atoms with E-state index in [1.54, 1.807) is 5.01 Å². The molecule has 0 bridgehead atoms. The summed E-state index contributed by atoms with van der Waals surface area (Å²) >= 11 is 6.71. The SMILES string of the molecule is NC(=S)N1NC(=Nc2nc(-c3ccccc3)cs2)C[C@@H]1c1ccccc1. The van der Waals surface area contributed by atoms with Crippen molar-refractivity contribution in [3.05, 3.63) is 71.6 Å². The van der Waals surface area contributed by atoms with Gasteiger partial charge in [-0.15, -0.1) is 11.3 Å². The second-order valence-corrected chi connectivity index (χ2v) is 7.15. The maximum absolute atomic E-state index is 5.89. The van der Waals surface area contributed by atoms with Gasteiger partial charge >= 0.3 is 0 Å². The van der Waals surface area contributed by atoms with Crippen LogP contribution in [0.5, 0.6) is 0 Å².